The first kappa shape index (κ1) is 28.0. The Morgan fingerprint density at radius 1 is 1.00 bits per heavy atom. The Kier molecular flexibility index (Phi) is 7.69. The Balaban J connectivity index is 2.39. The molecule has 0 saturated heterocycles. The second-order valence-electron chi connectivity index (χ2n) is 11.0. The highest BCUT2D eigenvalue weighted by Gasteiger charge is 2.70. The van der Waals surface area contributed by atoms with Gasteiger partial charge in [-0.3, -0.25) is 4.79 Å². The number of carbonyl (C=O) groups is 1. The van der Waals surface area contributed by atoms with Crippen LogP contribution in [0.2, 0.25) is 0 Å². The summed E-state index contributed by atoms with van der Waals surface area (Å²) in [5.41, 5.74) is -7.25. The maximum Gasteiger partial charge on any atom is 0.438 e. The minimum Gasteiger partial charge on any atom is -0.390 e. The molecule has 9 heteroatoms. The van der Waals surface area contributed by atoms with E-state index in [4.69, 9.17) is 0 Å². The van der Waals surface area contributed by atoms with Gasteiger partial charge < -0.3 is 10.2 Å². The molecule has 190 valence electrons. The second-order valence-corrected chi connectivity index (χ2v) is 11.0. The first-order valence-corrected chi connectivity index (χ1v) is 11.4. The molecule has 0 amide bonds. The molecule has 0 spiro atoms. The van der Waals surface area contributed by atoms with E-state index in [0.29, 0.717) is 44.9 Å². The molecule has 33 heavy (non-hydrogen) atoms. The molecule has 0 aliphatic heterocycles. The first-order valence-electron chi connectivity index (χ1n) is 11.4. The van der Waals surface area contributed by atoms with Gasteiger partial charge in [-0.15, -0.1) is 0 Å². The molecule has 0 heterocycles. The van der Waals surface area contributed by atoms with Crippen LogP contribution in [0, 0.1) is 34.5 Å². The van der Waals surface area contributed by atoms with E-state index in [0.717, 1.165) is 12.3 Å². The van der Waals surface area contributed by atoms with Crippen molar-refractivity contribution in [1.29, 1.82) is 0 Å². The summed E-state index contributed by atoms with van der Waals surface area (Å²) in [4.78, 5) is 12.5. The molecule has 0 aromatic heterocycles. The van der Waals surface area contributed by atoms with Crippen molar-refractivity contribution in [2.45, 2.75) is 109 Å². The van der Waals surface area contributed by atoms with Crippen LogP contribution in [-0.2, 0) is 4.79 Å². The van der Waals surface area contributed by atoms with Crippen molar-refractivity contribution in [2.75, 3.05) is 0 Å². The van der Waals surface area contributed by atoms with Gasteiger partial charge in [0.05, 0.1) is 5.60 Å². The molecule has 0 radical (unpaired) electrons. The highest BCUT2D eigenvalue weighted by molar-refractivity contribution is 5.83. The van der Waals surface area contributed by atoms with Gasteiger partial charge in [0.25, 0.3) is 0 Å². The smallest absolute Gasteiger partial charge is 0.390 e. The van der Waals surface area contributed by atoms with Gasteiger partial charge >= 0.3 is 18.0 Å². The number of aliphatic hydroxyl groups is 2. The number of halogens is 6. The van der Waals surface area contributed by atoms with Crippen LogP contribution < -0.4 is 0 Å². The molecule has 3 unspecified atom stereocenters. The number of Topliss-reactive ketones (excluding diaryl/α,β-unsaturated/α-hetero) is 1. The molecule has 2 rings (SSSR count). The SMILES string of the molecule is CC(C)(O)CCCC(C)(CC#CC(O)(C(F)(F)F)C(F)(F)F)C1CCC2C(=O)CCC[C@@]21C. The second kappa shape index (κ2) is 9.07. The lowest BCUT2D eigenvalue weighted by Crippen LogP contribution is -2.55. The highest BCUT2D eigenvalue weighted by atomic mass is 19.4. The predicted octanol–water partition coefficient (Wildman–Crippen LogP) is 5.97. The molecule has 2 aliphatic rings. The van der Waals surface area contributed by atoms with Crippen molar-refractivity contribution in [3.8, 4) is 11.8 Å². The van der Waals surface area contributed by atoms with Crippen molar-refractivity contribution in [2.24, 2.45) is 22.7 Å². The van der Waals surface area contributed by atoms with Crippen LogP contribution >= 0.6 is 0 Å². The zero-order valence-electron chi connectivity index (χ0n) is 19.6. The summed E-state index contributed by atoms with van der Waals surface area (Å²) in [5.74, 6) is 3.01. The normalized spacial score (nSPS) is 28.7. The third-order valence-electron chi connectivity index (χ3n) is 7.82. The van der Waals surface area contributed by atoms with Crippen LogP contribution in [0.4, 0.5) is 26.3 Å². The lowest BCUT2D eigenvalue weighted by atomic mass is 9.56. The van der Waals surface area contributed by atoms with Gasteiger partial charge in [-0.05, 0) is 75.0 Å². The zero-order valence-corrected chi connectivity index (χ0v) is 19.6. The number of alkyl halides is 6. The van der Waals surface area contributed by atoms with Gasteiger partial charge in [0, 0.05) is 18.8 Å². The van der Waals surface area contributed by atoms with Crippen LogP contribution in [0.1, 0.15) is 85.5 Å². The number of rotatable bonds is 6. The maximum absolute atomic E-state index is 13.0. The van der Waals surface area contributed by atoms with E-state index in [9.17, 15) is 41.4 Å². The fraction of sp³-hybridized carbons (Fsp3) is 0.875. The molecule has 0 aromatic rings. The predicted molar refractivity (Wildman–Crippen MR) is 111 cm³/mol. The highest BCUT2D eigenvalue weighted by Crippen LogP contribution is 2.61. The number of ketones is 1. The minimum atomic E-state index is -5.99. The minimum absolute atomic E-state index is 0.125. The third-order valence-corrected chi connectivity index (χ3v) is 7.82. The molecule has 2 saturated carbocycles. The topological polar surface area (TPSA) is 57.5 Å². The summed E-state index contributed by atoms with van der Waals surface area (Å²) < 4.78 is 78.3. The van der Waals surface area contributed by atoms with E-state index < -0.39 is 34.4 Å². The van der Waals surface area contributed by atoms with E-state index in [1.54, 1.807) is 20.8 Å². The van der Waals surface area contributed by atoms with Gasteiger partial charge in [0.1, 0.15) is 5.78 Å². The molecular weight excluding hydrogens is 450 g/mol. The lowest BCUT2D eigenvalue weighted by molar-refractivity contribution is -0.343. The van der Waals surface area contributed by atoms with Crippen molar-refractivity contribution in [3.63, 3.8) is 0 Å². The summed E-state index contributed by atoms with van der Waals surface area (Å²) in [5, 5.41) is 19.5. The van der Waals surface area contributed by atoms with E-state index in [1.807, 2.05) is 12.8 Å². The molecule has 3 nitrogen and oxygen atoms in total. The van der Waals surface area contributed by atoms with Crippen LogP contribution in [0.5, 0.6) is 0 Å². The van der Waals surface area contributed by atoms with E-state index >= 15 is 0 Å². The van der Waals surface area contributed by atoms with Gasteiger partial charge in [0.15, 0.2) is 0 Å². The van der Waals surface area contributed by atoms with Crippen molar-refractivity contribution >= 4 is 5.78 Å². The molecule has 0 bridgehead atoms. The fourth-order valence-electron chi connectivity index (χ4n) is 6.06. The van der Waals surface area contributed by atoms with Crippen LogP contribution in [0.25, 0.3) is 0 Å². The van der Waals surface area contributed by atoms with Gasteiger partial charge in [-0.25, -0.2) is 0 Å². The maximum atomic E-state index is 13.0. The first-order chi connectivity index (χ1) is 14.8. The Labute approximate surface area is 191 Å². The molecule has 0 aromatic carbocycles. The van der Waals surface area contributed by atoms with Gasteiger partial charge in [0.2, 0.25) is 0 Å². The molecule has 4 atom stereocenters. The Hall–Kier alpha value is -1.27. The number of hydrogen-bond acceptors (Lipinski definition) is 3. The average Bonchev–Trinajstić information content (AvgIpc) is 2.97. The van der Waals surface area contributed by atoms with E-state index in [1.165, 1.54) is 0 Å². The van der Waals surface area contributed by atoms with Gasteiger partial charge in [-0.2, -0.15) is 26.3 Å². The van der Waals surface area contributed by atoms with E-state index in [-0.39, 0.29) is 24.0 Å². The van der Waals surface area contributed by atoms with Crippen molar-refractivity contribution in [3.05, 3.63) is 0 Å². The average molecular weight is 485 g/mol. The largest absolute Gasteiger partial charge is 0.438 e. The zero-order chi connectivity index (χ0) is 25.5. The lowest BCUT2D eigenvalue weighted by Gasteiger charge is -2.48. The Bertz CT molecular complexity index is 771. The summed E-state index contributed by atoms with van der Waals surface area (Å²) >= 11 is 0. The quantitative estimate of drug-likeness (QED) is 0.361. The van der Waals surface area contributed by atoms with Crippen molar-refractivity contribution in [1.82, 2.24) is 0 Å². The standard InChI is InChI=1S/C24H34F6O3/c1-19(2,32)11-6-12-20(3,13-7-15-22(33,23(25,26)27)24(28,29)30)18-10-9-16-17(31)8-5-14-21(16,18)4/h16,18,32-33H,5-6,8-14H2,1-4H3/t16?,18?,20?,21-/m0/s1. The van der Waals surface area contributed by atoms with Crippen molar-refractivity contribution < 1.29 is 41.4 Å². The summed E-state index contributed by atoms with van der Waals surface area (Å²) in [6, 6.07) is 0. The Morgan fingerprint density at radius 2 is 1.58 bits per heavy atom. The number of carbonyl (C=O) groups excluding carboxylic acids is 1. The molecule has 2 aliphatic carbocycles. The monoisotopic (exact) mass is 484 g/mol. The fourth-order valence-corrected chi connectivity index (χ4v) is 6.06. The Morgan fingerprint density at radius 3 is 2.09 bits per heavy atom. The summed E-state index contributed by atoms with van der Waals surface area (Å²) in [6.07, 6.45) is -7.71. The van der Waals surface area contributed by atoms with Crippen LogP contribution in [0.3, 0.4) is 0 Å². The van der Waals surface area contributed by atoms with Gasteiger partial charge in [-0.1, -0.05) is 26.2 Å². The molecule has 2 N–H and O–H groups in total. The van der Waals surface area contributed by atoms with E-state index in [2.05, 4.69) is 0 Å². The van der Waals surface area contributed by atoms with Crippen LogP contribution in [0.15, 0.2) is 0 Å². The summed E-state index contributed by atoms with van der Waals surface area (Å²) in [6.45, 7) is 7.05. The molecule has 2 fully saturated rings. The number of fused-ring (bicyclic) bond motifs is 1. The number of hydrogen-bond donors (Lipinski definition) is 2. The third kappa shape index (κ3) is 5.70. The molecular formula is C24H34F6O3. The van der Waals surface area contributed by atoms with Crippen LogP contribution in [-0.4, -0.2) is 39.6 Å². The summed E-state index contributed by atoms with van der Waals surface area (Å²) in [7, 11) is 0.